The Balaban J connectivity index is 1.70. The number of pyridine rings is 1. The van der Waals surface area contributed by atoms with E-state index < -0.39 is 12.8 Å². The van der Waals surface area contributed by atoms with Crippen LogP contribution in [0.4, 0.5) is 13.2 Å². The van der Waals surface area contributed by atoms with Gasteiger partial charge in [-0.25, -0.2) is 4.98 Å². The first-order valence-electron chi connectivity index (χ1n) is 8.08. The van der Waals surface area contributed by atoms with E-state index >= 15 is 0 Å². The van der Waals surface area contributed by atoms with Crippen molar-refractivity contribution in [3.63, 3.8) is 0 Å². The maximum atomic E-state index is 12.7. The summed E-state index contributed by atoms with van der Waals surface area (Å²) in [5, 5.41) is 3.37. The van der Waals surface area contributed by atoms with E-state index in [0.717, 1.165) is 25.9 Å². The monoisotopic (exact) mass is 343 g/mol. The van der Waals surface area contributed by atoms with Crippen LogP contribution in [0.15, 0.2) is 18.3 Å². The number of ether oxygens (including phenoxy) is 1. The molecule has 3 rings (SSSR count). The molecule has 0 aromatic carbocycles. The summed E-state index contributed by atoms with van der Waals surface area (Å²) in [6, 6.07) is 3.00. The number of nitrogens with zero attached hydrogens (tertiary/aromatic N) is 2. The minimum absolute atomic E-state index is 0.0898. The van der Waals surface area contributed by atoms with E-state index in [4.69, 9.17) is 4.74 Å². The normalized spacial score (nSPS) is 24.4. The molecule has 3 heterocycles. The lowest BCUT2D eigenvalue weighted by Crippen LogP contribution is -2.33. The molecule has 24 heavy (non-hydrogen) atoms. The molecule has 0 spiro atoms. The molecule has 5 nitrogen and oxygen atoms in total. The SMILES string of the molecule is O=C(c1cccnc1OCC(F)(F)F)N1CC[C@@H]2CNC[C@@H]2CC1. The smallest absolute Gasteiger partial charge is 0.422 e. The van der Waals surface area contributed by atoms with Gasteiger partial charge in [-0.05, 0) is 49.9 Å². The maximum Gasteiger partial charge on any atom is 0.422 e. The number of halogens is 3. The fraction of sp³-hybridized carbons (Fsp3) is 0.625. The lowest BCUT2D eigenvalue weighted by Gasteiger charge is -2.22. The van der Waals surface area contributed by atoms with Gasteiger partial charge in [0, 0.05) is 19.3 Å². The number of carbonyl (C=O) groups excluding carboxylic acids is 1. The summed E-state index contributed by atoms with van der Waals surface area (Å²) < 4.78 is 41.8. The number of alkyl halides is 3. The van der Waals surface area contributed by atoms with Crippen molar-refractivity contribution in [2.24, 2.45) is 11.8 Å². The van der Waals surface area contributed by atoms with Crippen LogP contribution in [0.1, 0.15) is 23.2 Å². The van der Waals surface area contributed by atoms with Crippen molar-refractivity contribution in [3.8, 4) is 5.88 Å². The number of aromatic nitrogens is 1. The predicted molar refractivity (Wildman–Crippen MR) is 80.8 cm³/mol. The molecule has 1 aromatic rings. The number of nitrogens with one attached hydrogen (secondary N) is 1. The largest absolute Gasteiger partial charge is 0.467 e. The van der Waals surface area contributed by atoms with Gasteiger partial charge in [0.1, 0.15) is 5.56 Å². The third-order valence-corrected chi connectivity index (χ3v) is 4.68. The van der Waals surface area contributed by atoms with Crippen LogP contribution in [0.3, 0.4) is 0 Å². The first-order chi connectivity index (χ1) is 11.4. The van der Waals surface area contributed by atoms with Gasteiger partial charge >= 0.3 is 6.18 Å². The summed E-state index contributed by atoms with van der Waals surface area (Å²) in [6.07, 6.45) is -1.34. The summed E-state index contributed by atoms with van der Waals surface area (Å²) in [7, 11) is 0. The van der Waals surface area contributed by atoms with E-state index in [-0.39, 0.29) is 17.4 Å². The van der Waals surface area contributed by atoms with Gasteiger partial charge in [0.05, 0.1) is 0 Å². The van der Waals surface area contributed by atoms with Crippen LogP contribution < -0.4 is 10.1 Å². The molecule has 0 bridgehead atoms. The van der Waals surface area contributed by atoms with Crippen LogP contribution in [0, 0.1) is 11.8 Å². The van der Waals surface area contributed by atoms with Crippen molar-refractivity contribution in [1.29, 1.82) is 0 Å². The van der Waals surface area contributed by atoms with Gasteiger partial charge in [-0.2, -0.15) is 13.2 Å². The molecule has 0 aliphatic carbocycles. The Morgan fingerprint density at radius 3 is 2.58 bits per heavy atom. The fourth-order valence-electron chi connectivity index (χ4n) is 3.41. The second kappa shape index (κ2) is 6.96. The molecule has 2 aliphatic rings. The van der Waals surface area contributed by atoms with Gasteiger partial charge in [-0.15, -0.1) is 0 Å². The summed E-state index contributed by atoms with van der Waals surface area (Å²) in [5.41, 5.74) is 0.0898. The lowest BCUT2D eigenvalue weighted by atomic mass is 9.92. The second-order valence-corrected chi connectivity index (χ2v) is 6.31. The average Bonchev–Trinajstić information content (AvgIpc) is 2.90. The maximum absolute atomic E-state index is 12.7. The number of amides is 1. The molecule has 2 aliphatic heterocycles. The summed E-state index contributed by atoms with van der Waals surface area (Å²) in [5.74, 6) is 0.564. The molecular formula is C16H20F3N3O2. The number of likely N-dealkylation sites (tertiary alicyclic amines) is 1. The van der Waals surface area contributed by atoms with Crippen molar-refractivity contribution >= 4 is 5.91 Å². The lowest BCUT2D eigenvalue weighted by molar-refractivity contribution is -0.154. The van der Waals surface area contributed by atoms with E-state index in [1.807, 2.05) is 0 Å². The fourth-order valence-corrected chi connectivity index (χ4v) is 3.41. The molecule has 8 heteroatoms. The Morgan fingerprint density at radius 2 is 1.96 bits per heavy atom. The predicted octanol–water partition coefficient (Wildman–Crippen LogP) is 2.09. The topological polar surface area (TPSA) is 54.5 Å². The van der Waals surface area contributed by atoms with E-state index in [2.05, 4.69) is 10.3 Å². The zero-order valence-electron chi connectivity index (χ0n) is 13.2. The van der Waals surface area contributed by atoms with Crippen molar-refractivity contribution in [2.45, 2.75) is 19.0 Å². The van der Waals surface area contributed by atoms with E-state index in [0.29, 0.717) is 24.9 Å². The average molecular weight is 343 g/mol. The molecule has 1 aromatic heterocycles. The van der Waals surface area contributed by atoms with Gasteiger partial charge in [-0.3, -0.25) is 4.79 Å². The molecule has 132 valence electrons. The van der Waals surface area contributed by atoms with Crippen molar-refractivity contribution < 1.29 is 22.7 Å². The third-order valence-electron chi connectivity index (χ3n) is 4.68. The minimum Gasteiger partial charge on any atom is -0.467 e. The van der Waals surface area contributed by atoms with E-state index in [1.165, 1.54) is 18.3 Å². The molecule has 2 saturated heterocycles. The Morgan fingerprint density at radius 1 is 1.29 bits per heavy atom. The standard InChI is InChI=1S/C16H20F3N3O2/c17-16(18,19)10-24-14-13(2-1-5-21-14)15(23)22-6-3-11-8-20-9-12(11)4-7-22/h1-2,5,11-12,20H,3-4,6-10H2/t11-,12+. The Hall–Kier alpha value is -1.83. The van der Waals surface area contributed by atoms with Crippen molar-refractivity contribution in [3.05, 3.63) is 23.9 Å². The highest BCUT2D eigenvalue weighted by Gasteiger charge is 2.33. The number of rotatable bonds is 3. The first kappa shape index (κ1) is 17.0. The van der Waals surface area contributed by atoms with Gasteiger partial charge in [0.2, 0.25) is 5.88 Å². The summed E-state index contributed by atoms with van der Waals surface area (Å²) in [6.45, 7) is 1.70. The van der Waals surface area contributed by atoms with E-state index in [1.54, 1.807) is 4.90 Å². The zero-order valence-corrected chi connectivity index (χ0v) is 13.2. The van der Waals surface area contributed by atoms with Crippen LogP contribution in [0.2, 0.25) is 0 Å². The van der Waals surface area contributed by atoms with Crippen LogP contribution in [-0.2, 0) is 0 Å². The van der Waals surface area contributed by atoms with Crippen molar-refractivity contribution in [1.82, 2.24) is 15.2 Å². The molecule has 0 radical (unpaired) electrons. The third kappa shape index (κ3) is 3.98. The minimum atomic E-state index is -4.47. The Bertz CT molecular complexity index is 580. The van der Waals surface area contributed by atoms with Crippen molar-refractivity contribution in [2.75, 3.05) is 32.8 Å². The quantitative estimate of drug-likeness (QED) is 0.913. The second-order valence-electron chi connectivity index (χ2n) is 6.31. The molecule has 2 atom stereocenters. The number of fused-ring (bicyclic) bond motifs is 1. The van der Waals surface area contributed by atoms with E-state index in [9.17, 15) is 18.0 Å². The first-order valence-corrected chi connectivity index (χ1v) is 8.08. The molecule has 1 amide bonds. The molecule has 0 unspecified atom stereocenters. The van der Waals surface area contributed by atoms with Crippen LogP contribution in [0.25, 0.3) is 0 Å². The van der Waals surface area contributed by atoms with Crippen LogP contribution >= 0.6 is 0 Å². The Labute approximate surface area is 138 Å². The number of carbonyl (C=O) groups is 1. The van der Waals surface area contributed by atoms with Gasteiger partial charge in [0.15, 0.2) is 6.61 Å². The van der Waals surface area contributed by atoms with Gasteiger partial charge in [-0.1, -0.05) is 0 Å². The number of hydrogen-bond donors (Lipinski definition) is 1. The van der Waals surface area contributed by atoms with Crippen LogP contribution in [-0.4, -0.2) is 54.8 Å². The Kier molecular flexibility index (Phi) is 4.93. The molecule has 2 fully saturated rings. The summed E-state index contributed by atoms with van der Waals surface area (Å²) >= 11 is 0. The molecular weight excluding hydrogens is 323 g/mol. The van der Waals surface area contributed by atoms with Crippen LogP contribution in [0.5, 0.6) is 5.88 Å². The van der Waals surface area contributed by atoms with Gasteiger partial charge < -0.3 is 15.0 Å². The highest BCUT2D eigenvalue weighted by Crippen LogP contribution is 2.28. The molecule has 0 saturated carbocycles. The highest BCUT2D eigenvalue weighted by molar-refractivity contribution is 5.96. The van der Waals surface area contributed by atoms with Gasteiger partial charge in [0.25, 0.3) is 5.91 Å². The highest BCUT2D eigenvalue weighted by atomic mass is 19.4. The number of hydrogen-bond acceptors (Lipinski definition) is 4. The summed E-state index contributed by atoms with van der Waals surface area (Å²) in [4.78, 5) is 18.2. The zero-order chi connectivity index (χ0) is 17.2. The molecule has 1 N–H and O–H groups in total.